The SMILES string of the molecule is O=[SiH].[S]=[Zn]. The van der Waals surface area contributed by atoms with Gasteiger partial charge in [-0.3, -0.25) is 0 Å². The Morgan fingerprint density at radius 1 is 1.50 bits per heavy atom. The molecule has 0 aromatic rings. The first-order valence-electron chi connectivity index (χ1n) is 0.524. The van der Waals surface area contributed by atoms with Gasteiger partial charge in [-0.2, -0.15) is 0 Å². The van der Waals surface area contributed by atoms with E-state index in [-0.39, 0.29) is 0 Å². The predicted molar refractivity (Wildman–Crippen MR) is 15.4 cm³/mol. The van der Waals surface area contributed by atoms with E-state index in [0.717, 1.165) is 16.6 Å². The molecule has 0 aliphatic heterocycles. The molecule has 0 N–H and O–H groups in total. The van der Waals surface area contributed by atoms with Gasteiger partial charge in [0.2, 0.25) is 0 Å². The van der Waals surface area contributed by atoms with E-state index in [2.05, 4.69) is 10.1 Å². The summed E-state index contributed by atoms with van der Waals surface area (Å²) in [6.45, 7) is 0. The summed E-state index contributed by atoms with van der Waals surface area (Å²) in [7, 11) is 5.37. The normalized spacial score (nSPS) is 2.50. The van der Waals surface area contributed by atoms with Gasteiger partial charge in [-0.1, -0.05) is 0 Å². The summed E-state index contributed by atoms with van der Waals surface area (Å²) in [4.78, 5) is 0. The fourth-order valence-electron chi connectivity index (χ4n) is 0. The van der Waals surface area contributed by atoms with Crippen LogP contribution in [0.15, 0.2) is 0 Å². The van der Waals surface area contributed by atoms with Gasteiger partial charge in [0, 0.05) is 0 Å². The molecule has 0 aliphatic rings. The average molecular weight is 143 g/mol. The number of hydrogen-bond donors (Lipinski definition) is 0. The summed E-state index contributed by atoms with van der Waals surface area (Å²) in [6.07, 6.45) is 0. The summed E-state index contributed by atoms with van der Waals surface area (Å²) in [5, 5.41) is 0. The van der Waals surface area contributed by atoms with Crippen LogP contribution in [-0.4, -0.2) is 10.1 Å². The fraction of sp³-hybridized carbons (Fsp3) is 0. The third kappa shape index (κ3) is 13.4. The fourth-order valence-corrected chi connectivity index (χ4v) is 0. The van der Waals surface area contributed by atoms with Crippen molar-refractivity contribution in [2.45, 2.75) is 0 Å². The minimum atomic E-state index is 0.958. The average Bonchev–Trinajstić information content (AvgIpc) is 1.50. The van der Waals surface area contributed by atoms with E-state index < -0.39 is 0 Å². The van der Waals surface area contributed by atoms with Crippen LogP contribution in [0.3, 0.4) is 0 Å². The molecule has 0 rings (SSSR count). The summed E-state index contributed by atoms with van der Waals surface area (Å²) in [5.41, 5.74) is 0. The summed E-state index contributed by atoms with van der Waals surface area (Å²) >= 11 is 0.958. The molecular weight excluding hydrogens is 142 g/mol. The van der Waals surface area contributed by atoms with Crippen LogP contribution >= 0.6 is 10.1 Å². The molecule has 4 heavy (non-hydrogen) atoms. The molecule has 1 nitrogen and oxygen atoms in total. The zero-order valence-electron chi connectivity index (χ0n) is 2.10. The predicted octanol–water partition coefficient (Wildman–Crippen LogP) is -0.122. The van der Waals surface area contributed by atoms with Crippen molar-refractivity contribution in [2.24, 2.45) is 0 Å². The first-order valence-corrected chi connectivity index (χ1v) is 5.21. The Labute approximate surface area is 41.5 Å². The quantitative estimate of drug-likeness (QED) is 0.439. The molecular formula is HOSSiZn. The Morgan fingerprint density at radius 2 is 1.50 bits per heavy atom. The van der Waals surface area contributed by atoms with Crippen molar-refractivity contribution in [3.05, 3.63) is 0 Å². The van der Waals surface area contributed by atoms with Gasteiger partial charge >= 0.3 is 36.8 Å². The monoisotopic (exact) mass is 141 g/mol. The molecule has 0 atom stereocenters. The molecule has 0 aliphatic carbocycles. The third-order valence-electron chi connectivity index (χ3n) is 0. The van der Waals surface area contributed by atoms with Crippen LogP contribution in [0, 0.1) is 0 Å². The zero-order valence-corrected chi connectivity index (χ0v) is 7.04. The Hall–Kier alpha value is 0.860. The van der Waals surface area contributed by atoms with Gasteiger partial charge in [-0.25, -0.2) is 0 Å². The second kappa shape index (κ2) is 42.7. The van der Waals surface area contributed by atoms with Crippen LogP contribution in [0.4, 0.5) is 0 Å². The molecule has 0 amide bonds. The van der Waals surface area contributed by atoms with Crippen LogP contribution < -0.4 is 0 Å². The van der Waals surface area contributed by atoms with Crippen LogP contribution in [0.5, 0.6) is 0 Å². The topological polar surface area (TPSA) is 17.1 Å². The van der Waals surface area contributed by atoms with Crippen molar-refractivity contribution in [2.75, 3.05) is 0 Å². The molecule has 0 heterocycles. The Kier molecular flexibility index (Phi) is 94.4. The second-order valence-electron chi connectivity index (χ2n) is 0. The van der Waals surface area contributed by atoms with Gasteiger partial charge < -0.3 is 4.46 Å². The molecule has 0 saturated heterocycles. The minimum absolute atomic E-state index is 0.958. The summed E-state index contributed by atoms with van der Waals surface area (Å²) < 4.78 is 8.17. The number of rotatable bonds is 0. The second-order valence-corrected chi connectivity index (χ2v) is 0. The van der Waals surface area contributed by atoms with E-state index >= 15 is 0 Å². The van der Waals surface area contributed by atoms with E-state index in [1.54, 1.807) is 0 Å². The molecule has 0 saturated carbocycles. The maximum absolute atomic E-state index is 8.17. The Morgan fingerprint density at radius 3 is 1.50 bits per heavy atom. The Balaban J connectivity index is 0. The van der Waals surface area contributed by atoms with E-state index in [0.29, 0.717) is 0 Å². The van der Waals surface area contributed by atoms with Crippen molar-refractivity contribution >= 4 is 20.2 Å². The first kappa shape index (κ1) is 8.85. The van der Waals surface area contributed by atoms with Crippen LogP contribution in [0.25, 0.3) is 0 Å². The maximum atomic E-state index is 8.17. The van der Waals surface area contributed by atoms with Crippen molar-refractivity contribution in [1.82, 2.24) is 0 Å². The van der Waals surface area contributed by atoms with E-state index in [1.165, 1.54) is 10.1 Å². The van der Waals surface area contributed by atoms with Gasteiger partial charge in [-0.15, -0.1) is 0 Å². The van der Waals surface area contributed by atoms with Crippen molar-refractivity contribution < 1.29 is 21.0 Å². The molecule has 0 aromatic carbocycles. The molecule has 1 radical (unpaired) electrons. The number of hydrogen-bond acceptors (Lipinski definition) is 2. The van der Waals surface area contributed by atoms with Crippen LogP contribution in [0.1, 0.15) is 0 Å². The van der Waals surface area contributed by atoms with Gasteiger partial charge in [0.25, 0.3) is 0 Å². The third-order valence-corrected chi connectivity index (χ3v) is 0. The van der Waals surface area contributed by atoms with Crippen LogP contribution in [0.2, 0.25) is 0 Å². The molecule has 19 valence electrons. The summed E-state index contributed by atoms with van der Waals surface area (Å²) in [6, 6.07) is 0. The van der Waals surface area contributed by atoms with E-state index in [9.17, 15) is 0 Å². The molecule has 0 bridgehead atoms. The Bertz CT molecular complexity index is 10.0. The van der Waals surface area contributed by atoms with Gasteiger partial charge in [0.15, 0.2) is 0 Å². The summed E-state index contributed by atoms with van der Waals surface area (Å²) in [5.74, 6) is 0. The molecule has 0 fully saturated rings. The van der Waals surface area contributed by atoms with E-state index in [4.69, 9.17) is 4.46 Å². The molecule has 4 heteroatoms. The van der Waals surface area contributed by atoms with Crippen molar-refractivity contribution in [3.63, 3.8) is 0 Å². The first-order chi connectivity index (χ1) is 2.00. The zero-order chi connectivity index (χ0) is 4.00. The standard InChI is InChI=1S/HOSi.S.Zn/c1-2;;/h2H;;. The molecule has 0 unspecified atom stereocenters. The van der Waals surface area contributed by atoms with Gasteiger partial charge in [0.05, 0.1) is 0 Å². The molecule has 0 spiro atoms. The van der Waals surface area contributed by atoms with Crippen molar-refractivity contribution in [1.29, 1.82) is 0 Å². The van der Waals surface area contributed by atoms with Gasteiger partial charge in [0.1, 0.15) is 0 Å². The van der Waals surface area contributed by atoms with Crippen molar-refractivity contribution in [3.8, 4) is 0 Å². The molecule has 0 aromatic heterocycles. The van der Waals surface area contributed by atoms with Crippen LogP contribution in [-0.2, 0) is 21.0 Å². The van der Waals surface area contributed by atoms with Gasteiger partial charge in [-0.05, 0) is 0 Å². The van der Waals surface area contributed by atoms with E-state index in [1.807, 2.05) is 0 Å².